The molecular formula is C22H21FN4O3. The summed E-state index contributed by atoms with van der Waals surface area (Å²) in [5.74, 6) is -0.561. The summed E-state index contributed by atoms with van der Waals surface area (Å²) in [5, 5.41) is 0. The Morgan fingerprint density at radius 3 is 2.53 bits per heavy atom. The summed E-state index contributed by atoms with van der Waals surface area (Å²) >= 11 is 0. The minimum absolute atomic E-state index is 0.0785. The van der Waals surface area contributed by atoms with E-state index in [0.29, 0.717) is 36.6 Å². The Kier molecular flexibility index (Phi) is 5.07. The molecule has 0 bridgehead atoms. The maximum absolute atomic E-state index is 13.2. The molecule has 0 saturated heterocycles. The molecule has 7 nitrogen and oxygen atoms in total. The number of fused-ring (bicyclic) bond motifs is 1. The molecule has 2 aromatic heterocycles. The second kappa shape index (κ2) is 7.70. The van der Waals surface area contributed by atoms with Gasteiger partial charge in [0.15, 0.2) is 0 Å². The molecule has 154 valence electrons. The third-order valence-corrected chi connectivity index (χ3v) is 5.34. The summed E-state index contributed by atoms with van der Waals surface area (Å²) < 4.78 is 16.0. The first kappa shape index (κ1) is 19.8. The molecule has 1 amide bonds. The summed E-state index contributed by atoms with van der Waals surface area (Å²) in [6.07, 6.45) is 2.26. The van der Waals surface area contributed by atoms with Gasteiger partial charge in [-0.05, 0) is 61.7 Å². The fourth-order valence-electron chi connectivity index (χ4n) is 3.75. The lowest BCUT2D eigenvalue weighted by atomic mass is 10.0. The number of aromatic nitrogens is 3. The van der Waals surface area contributed by atoms with E-state index < -0.39 is 5.69 Å². The molecule has 0 fully saturated rings. The zero-order chi connectivity index (χ0) is 21.4. The Hall–Kier alpha value is -3.55. The van der Waals surface area contributed by atoms with Gasteiger partial charge in [0.2, 0.25) is 5.91 Å². The number of amides is 1. The molecule has 3 aromatic rings. The van der Waals surface area contributed by atoms with Crippen LogP contribution in [0.15, 0.2) is 52.2 Å². The van der Waals surface area contributed by atoms with E-state index in [-0.39, 0.29) is 23.8 Å². The van der Waals surface area contributed by atoms with Gasteiger partial charge in [-0.3, -0.25) is 18.7 Å². The minimum atomic E-state index is -0.441. The maximum Gasteiger partial charge on any atom is 0.348 e. The monoisotopic (exact) mass is 408 g/mol. The lowest BCUT2D eigenvalue weighted by Gasteiger charge is -2.29. The third kappa shape index (κ3) is 3.80. The van der Waals surface area contributed by atoms with Crippen LogP contribution in [0.4, 0.5) is 4.39 Å². The average Bonchev–Trinajstić information content (AvgIpc) is 2.70. The van der Waals surface area contributed by atoms with Crippen LogP contribution in [0.3, 0.4) is 0 Å². The van der Waals surface area contributed by atoms with Crippen molar-refractivity contribution in [2.45, 2.75) is 33.4 Å². The smallest absolute Gasteiger partial charge is 0.336 e. The van der Waals surface area contributed by atoms with Crippen LogP contribution in [0.2, 0.25) is 0 Å². The van der Waals surface area contributed by atoms with Crippen LogP contribution in [0.1, 0.15) is 22.5 Å². The number of aryl methyl sites for hydroxylation is 2. The largest absolute Gasteiger partial charge is 0.348 e. The van der Waals surface area contributed by atoms with E-state index >= 15 is 0 Å². The van der Waals surface area contributed by atoms with Crippen LogP contribution >= 0.6 is 0 Å². The van der Waals surface area contributed by atoms with Crippen LogP contribution in [0.5, 0.6) is 0 Å². The Morgan fingerprint density at radius 1 is 1.10 bits per heavy atom. The van der Waals surface area contributed by atoms with Crippen molar-refractivity contribution in [2.24, 2.45) is 0 Å². The lowest BCUT2D eigenvalue weighted by molar-refractivity contribution is -0.132. The first-order chi connectivity index (χ1) is 14.3. The number of halogens is 1. The van der Waals surface area contributed by atoms with Crippen LogP contribution in [0, 0.1) is 19.7 Å². The number of hydrogen-bond acceptors (Lipinski definition) is 4. The number of carbonyl (C=O) groups excluding carboxylic acids is 1. The molecule has 3 heterocycles. The number of pyridine rings is 1. The van der Waals surface area contributed by atoms with E-state index in [1.807, 2.05) is 0 Å². The summed E-state index contributed by atoms with van der Waals surface area (Å²) in [6.45, 7) is 4.24. The highest BCUT2D eigenvalue weighted by molar-refractivity contribution is 5.76. The van der Waals surface area contributed by atoms with Gasteiger partial charge in [0.1, 0.15) is 12.4 Å². The van der Waals surface area contributed by atoms with Gasteiger partial charge in [0.25, 0.3) is 5.56 Å². The van der Waals surface area contributed by atoms with Gasteiger partial charge in [0, 0.05) is 42.4 Å². The van der Waals surface area contributed by atoms with E-state index in [1.165, 1.54) is 33.4 Å². The first-order valence-electron chi connectivity index (χ1n) is 9.65. The quantitative estimate of drug-likeness (QED) is 0.662. The van der Waals surface area contributed by atoms with E-state index in [0.717, 1.165) is 11.1 Å². The molecule has 0 N–H and O–H groups in total. The molecule has 8 heteroatoms. The van der Waals surface area contributed by atoms with Gasteiger partial charge < -0.3 is 4.90 Å². The first-order valence-corrected chi connectivity index (χ1v) is 9.65. The highest BCUT2D eigenvalue weighted by Gasteiger charge is 2.23. The van der Waals surface area contributed by atoms with Crippen LogP contribution < -0.4 is 11.2 Å². The molecule has 1 aromatic carbocycles. The van der Waals surface area contributed by atoms with Crippen LogP contribution in [0.25, 0.3) is 5.69 Å². The summed E-state index contributed by atoms with van der Waals surface area (Å²) in [7, 11) is 0. The number of benzene rings is 1. The van der Waals surface area contributed by atoms with Crippen molar-refractivity contribution in [2.75, 3.05) is 6.54 Å². The topological polar surface area (TPSA) is 77.2 Å². The normalized spacial score (nSPS) is 13.2. The molecule has 0 atom stereocenters. The molecule has 0 spiro atoms. The predicted molar refractivity (Wildman–Crippen MR) is 109 cm³/mol. The molecule has 0 unspecified atom stereocenters. The fraction of sp³-hybridized carbons (Fsp3) is 0.273. The molecule has 30 heavy (non-hydrogen) atoms. The zero-order valence-corrected chi connectivity index (χ0v) is 16.8. The lowest BCUT2D eigenvalue weighted by Crippen LogP contribution is -2.41. The van der Waals surface area contributed by atoms with Crippen LogP contribution in [-0.4, -0.2) is 31.5 Å². The molecule has 0 radical (unpaired) electrons. The van der Waals surface area contributed by atoms with Crippen molar-refractivity contribution < 1.29 is 9.18 Å². The van der Waals surface area contributed by atoms with Gasteiger partial charge in [-0.25, -0.2) is 9.18 Å². The second-order valence-corrected chi connectivity index (χ2v) is 7.48. The molecule has 1 aliphatic rings. The Morgan fingerprint density at radius 2 is 1.83 bits per heavy atom. The van der Waals surface area contributed by atoms with Crippen molar-refractivity contribution in [3.63, 3.8) is 0 Å². The highest BCUT2D eigenvalue weighted by Crippen LogP contribution is 2.19. The second-order valence-electron chi connectivity index (χ2n) is 7.48. The van der Waals surface area contributed by atoms with Crippen molar-refractivity contribution in [3.8, 4) is 5.69 Å². The zero-order valence-electron chi connectivity index (χ0n) is 16.8. The van der Waals surface area contributed by atoms with Crippen molar-refractivity contribution in [3.05, 3.63) is 91.8 Å². The van der Waals surface area contributed by atoms with E-state index in [2.05, 4.69) is 4.98 Å². The van der Waals surface area contributed by atoms with Gasteiger partial charge in [-0.1, -0.05) is 0 Å². The number of carbonyl (C=O) groups is 1. The van der Waals surface area contributed by atoms with E-state index in [1.54, 1.807) is 37.1 Å². The number of hydrogen-bond donors (Lipinski definition) is 0. The minimum Gasteiger partial charge on any atom is -0.336 e. The van der Waals surface area contributed by atoms with Crippen LogP contribution in [-0.2, 0) is 24.3 Å². The number of nitrogens with zero attached hydrogens (tertiary/aromatic N) is 4. The van der Waals surface area contributed by atoms with Gasteiger partial charge in [-0.2, -0.15) is 4.98 Å². The SMILES string of the molecule is Cc1cc(C)n(CC(=O)N2CCc3cc(=O)n(-c4ccc(F)cc4)cc3C2)c(=O)n1. The fourth-order valence-corrected chi connectivity index (χ4v) is 3.75. The maximum atomic E-state index is 13.2. The van der Waals surface area contributed by atoms with Gasteiger partial charge in [0.05, 0.1) is 0 Å². The van der Waals surface area contributed by atoms with Gasteiger partial charge >= 0.3 is 5.69 Å². The van der Waals surface area contributed by atoms with Crippen molar-refractivity contribution in [1.82, 2.24) is 19.0 Å². The standard InChI is InChI=1S/C22H21FN4O3/c1-14-9-15(2)26(22(30)24-14)13-21(29)25-8-7-16-10-20(28)27(12-17(16)11-25)19-5-3-18(23)4-6-19/h3-6,9-10,12H,7-8,11,13H2,1-2H3. The third-order valence-electron chi connectivity index (χ3n) is 5.34. The Balaban J connectivity index is 1.59. The summed E-state index contributed by atoms with van der Waals surface area (Å²) in [5.41, 5.74) is 2.96. The summed E-state index contributed by atoms with van der Waals surface area (Å²) in [6, 6.07) is 9.00. The molecule has 0 saturated carbocycles. The Labute approximate surface area is 172 Å². The average molecular weight is 408 g/mol. The molecule has 4 rings (SSSR count). The van der Waals surface area contributed by atoms with Crippen molar-refractivity contribution >= 4 is 5.91 Å². The predicted octanol–water partition coefficient (Wildman–Crippen LogP) is 1.74. The molecule has 0 aliphatic carbocycles. The highest BCUT2D eigenvalue weighted by atomic mass is 19.1. The van der Waals surface area contributed by atoms with E-state index in [9.17, 15) is 18.8 Å². The van der Waals surface area contributed by atoms with Gasteiger partial charge in [-0.15, -0.1) is 0 Å². The molecule has 1 aliphatic heterocycles. The van der Waals surface area contributed by atoms with Crippen molar-refractivity contribution in [1.29, 1.82) is 0 Å². The Bertz CT molecular complexity index is 1240. The number of rotatable bonds is 3. The summed E-state index contributed by atoms with van der Waals surface area (Å²) in [4.78, 5) is 43.1. The van der Waals surface area contributed by atoms with E-state index in [4.69, 9.17) is 0 Å². The molecular weight excluding hydrogens is 387 g/mol.